The number of carbonyl (C=O) groups is 2. The lowest BCUT2D eigenvalue weighted by atomic mass is 10.2. The Morgan fingerprint density at radius 2 is 2.26 bits per heavy atom. The normalized spacial score (nSPS) is 10.4. The second-order valence-electron chi connectivity index (χ2n) is 3.75. The lowest BCUT2D eigenvalue weighted by Crippen LogP contribution is -2.20. The predicted octanol–water partition coefficient (Wildman–Crippen LogP) is 1.70. The second kappa shape index (κ2) is 7.92. The van der Waals surface area contributed by atoms with Gasteiger partial charge in [-0.2, -0.15) is 0 Å². The Labute approximate surface area is 111 Å². The third-order valence-corrected chi connectivity index (χ3v) is 2.31. The fraction of sp³-hybridized carbons (Fsp3) is 0.286. The van der Waals surface area contributed by atoms with Crippen molar-refractivity contribution in [1.82, 2.24) is 5.32 Å². The molecule has 0 saturated heterocycles. The highest BCUT2D eigenvalue weighted by Gasteiger charge is 2.05. The molecule has 1 N–H and O–H groups in total. The summed E-state index contributed by atoms with van der Waals surface area (Å²) in [4.78, 5) is 22.3. The topological polar surface area (TPSA) is 68.5 Å². The van der Waals surface area contributed by atoms with Gasteiger partial charge < -0.3 is 14.5 Å². The summed E-state index contributed by atoms with van der Waals surface area (Å²) < 4.78 is 9.98. The molecule has 0 spiro atoms. The van der Waals surface area contributed by atoms with E-state index in [2.05, 4.69) is 16.6 Å². The van der Waals surface area contributed by atoms with Gasteiger partial charge in [0.2, 0.25) is 5.91 Å². The Balaban J connectivity index is 2.45. The van der Waals surface area contributed by atoms with E-state index in [-0.39, 0.29) is 18.3 Å². The average Bonchev–Trinajstić information content (AvgIpc) is 2.88. The first kappa shape index (κ1) is 14.8. The van der Waals surface area contributed by atoms with Crippen molar-refractivity contribution in [2.45, 2.75) is 12.8 Å². The fourth-order valence-electron chi connectivity index (χ4n) is 1.34. The van der Waals surface area contributed by atoms with Crippen LogP contribution in [0, 0.1) is 0 Å². The SMILES string of the molecule is C=CCNC(=O)/C=C/c1ccc(CCC(=O)OC)o1. The third-order valence-electron chi connectivity index (χ3n) is 2.31. The molecule has 19 heavy (non-hydrogen) atoms. The van der Waals surface area contributed by atoms with Crippen LogP contribution in [0.2, 0.25) is 0 Å². The largest absolute Gasteiger partial charge is 0.469 e. The summed E-state index contributed by atoms with van der Waals surface area (Å²) in [5.74, 6) is 0.745. The molecule has 5 nitrogen and oxygen atoms in total. The maximum atomic E-state index is 11.3. The van der Waals surface area contributed by atoms with Gasteiger partial charge in [0.1, 0.15) is 11.5 Å². The number of rotatable bonds is 7. The Hall–Kier alpha value is -2.30. The maximum absolute atomic E-state index is 11.3. The van der Waals surface area contributed by atoms with Crippen LogP contribution >= 0.6 is 0 Å². The van der Waals surface area contributed by atoms with Gasteiger partial charge in [-0.25, -0.2) is 0 Å². The fourth-order valence-corrected chi connectivity index (χ4v) is 1.34. The number of aryl methyl sites for hydroxylation is 1. The Morgan fingerprint density at radius 1 is 1.47 bits per heavy atom. The Morgan fingerprint density at radius 3 is 2.95 bits per heavy atom. The number of hydrogen-bond acceptors (Lipinski definition) is 4. The molecule has 1 heterocycles. The van der Waals surface area contributed by atoms with Gasteiger partial charge in [-0.1, -0.05) is 6.08 Å². The van der Waals surface area contributed by atoms with Gasteiger partial charge >= 0.3 is 5.97 Å². The maximum Gasteiger partial charge on any atom is 0.305 e. The highest BCUT2D eigenvalue weighted by molar-refractivity contribution is 5.91. The molecule has 0 unspecified atom stereocenters. The van der Waals surface area contributed by atoms with E-state index >= 15 is 0 Å². The van der Waals surface area contributed by atoms with Crippen LogP contribution in [-0.2, 0) is 20.7 Å². The van der Waals surface area contributed by atoms with E-state index in [4.69, 9.17) is 4.42 Å². The molecular weight excluding hydrogens is 246 g/mol. The molecule has 0 aliphatic rings. The van der Waals surface area contributed by atoms with Crippen LogP contribution in [0.4, 0.5) is 0 Å². The molecule has 0 saturated carbocycles. The van der Waals surface area contributed by atoms with E-state index in [1.165, 1.54) is 13.2 Å². The zero-order valence-corrected chi connectivity index (χ0v) is 10.8. The van der Waals surface area contributed by atoms with Crippen LogP contribution in [0.3, 0.4) is 0 Å². The molecule has 0 aliphatic carbocycles. The first-order valence-corrected chi connectivity index (χ1v) is 5.88. The van der Waals surface area contributed by atoms with Crippen molar-refractivity contribution in [3.8, 4) is 0 Å². The molecule has 0 atom stereocenters. The first-order valence-electron chi connectivity index (χ1n) is 5.88. The summed E-state index contributed by atoms with van der Waals surface area (Å²) in [6.45, 7) is 3.92. The quantitative estimate of drug-likeness (QED) is 0.462. The molecular formula is C14H17NO4. The van der Waals surface area contributed by atoms with Crippen LogP contribution in [0.1, 0.15) is 17.9 Å². The lowest BCUT2D eigenvalue weighted by molar-refractivity contribution is -0.140. The average molecular weight is 263 g/mol. The van der Waals surface area contributed by atoms with Gasteiger partial charge in [0.25, 0.3) is 0 Å². The number of ether oxygens (including phenoxy) is 1. The minimum absolute atomic E-state index is 0.215. The van der Waals surface area contributed by atoms with Crippen LogP contribution in [0.15, 0.2) is 35.3 Å². The number of furan rings is 1. The summed E-state index contributed by atoms with van der Waals surface area (Å²) in [7, 11) is 1.35. The number of amides is 1. The van der Waals surface area contributed by atoms with Crippen LogP contribution < -0.4 is 5.32 Å². The molecule has 1 rings (SSSR count). The van der Waals surface area contributed by atoms with Crippen LogP contribution in [0.5, 0.6) is 0 Å². The molecule has 1 aromatic rings. The summed E-state index contributed by atoms with van der Waals surface area (Å²) in [6.07, 6.45) is 5.30. The number of esters is 1. The summed E-state index contributed by atoms with van der Waals surface area (Å²) in [6, 6.07) is 3.51. The second-order valence-corrected chi connectivity index (χ2v) is 3.75. The van der Waals surface area contributed by atoms with Gasteiger partial charge in [-0.3, -0.25) is 9.59 Å². The van der Waals surface area contributed by atoms with Crippen molar-refractivity contribution >= 4 is 18.0 Å². The molecule has 0 aromatic carbocycles. The van der Waals surface area contributed by atoms with Crippen LogP contribution in [0.25, 0.3) is 6.08 Å². The van der Waals surface area contributed by atoms with Crippen molar-refractivity contribution < 1.29 is 18.7 Å². The molecule has 102 valence electrons. The van der Waals surface area contributed by atoms with E-state index in [0.717, 1.165) is 0 Å². The van der Waals surface area contributed by atoms with Gasteiger partial charge in [-0.05, 0) is 18.2 Å². The van der Waals surface area contributed by atoms with E-state index in [1.54, 1.807) is 24.3 Å². The first-order chi connectivity index (χ1) is 9.15. The number of methoxy groups -OCH3 is 1. The van der Waals surface area contributed by atoms with Gasteiger partial charge in [0.05, 0.1) is 13.5 Å². The van der Waals surface area contributed by atoms with Gasteiger partial charge in [0.15, 0.2) is 0 Å². The summed E-state index contributed by atoms with van der Waals surface area (Å²) in [5, 5.41) is 2.61. The molecule has 0 fully saturated rings. The van der Waals surface area contributed by atoms with Crippen molar-refractivity contribution in [3.05, 3.63) is 42.4 Å². The minimum Gasteiger partial charge on any atom is -0.469 e. The summed E-state index contributed by atoms with van der Waals surface area (Å²) >= 11 is 0. The Kier molecular flexibility index (Phi) is 6.15. The van der Waals surface area contributed by atoms with E-state index in [9.17, 15) is 9.59 Å². The standard InChI is InChI=1S/C14H17NO4/c1-3-10-15-13(16)8-6-11-4-5-12(19-11)7-9-14(17)18-2/h3-6,8H,1,7,9-10H2,2H3,(H,15,16)/b8-6+. The minimum atomic E-state index is -0.280. The molecule has 5 heteroatoms. The van der Waals surface area contributed by atoms with Crippen molar-refractivity contribution in [1.29, 1.82) is 0 Å². The highest BCUT2D eigenvalue weighted by atomic mass is 16.5. The number of hydrogen-bond donors (Lipinski definition) is 1. The third kappa shape index (κ3) is 5.72. The van der Waals surface area contributed by atoms with Crippen molar-refractivity contribution in [2.75, 3.05) is 13.7 Å². The van der Waals surface area contributed by atoms with Crippen LogP contribution in [-0.4, -0.2) is 25.5 Å². The van der Waals surface area contributed by atoms with E-state index in [1.807, 2.05) is 0 Å². The monoisotopic (exact) mass is 263 g/mol. The predicted molar refractivity (Wildman–Crippen MR) is 71.3 cm³/mol. The van der Waals surface area contributed by atoms with E-state index in [0.29, 0.717) is 24.5 Å². The Bertz CT molecular complexity index is 474. The van der Waals surface area contributed by atoms with Crippen molar-refractivity contribution in [3.63, 3.8) is 0 Å². The molecule has 1 aromatic heterocycles. The lowest BCUT2D eigenvalue weighted by Gasteiger charge is -1.96. The zero-order valence-electron chi connectivity index (χ0n) is 10.8. The summed E-state index contributed by atoms with van der Waals surface area (Å²) in [5.41, 5.74) is 0. The molecule has 0 aliphatic heterocycles. The zero-order chi connectivity index (χ0) is 14.1. The molecule has 0 bridgehead atoms. The smallest absolute Gasteiger partial charge is 0.305 e. The molecule has 0 radical (unpaired) electrons. The number of nitrogens with one attached hydrogen (secondary N) is 1. The van der Waals surface area contributed by atoms with Crippen molar-refractivity contribution in [2.24, 2.45) is 0 Å². The highest BCUT2D eigenvalue weighted by Crippen LogP contribution is 2.11. The molecule has 1 amide bonds. The van der Waals surface area contributed by atoms with Gasteiger partial charge in [-0.15, -0.1) is 6.58 Å². The van der Waals surface area contributed by atoms with Gasteiger partial charge in [0, 0.05) is 19.0 Å². The number of carbonyl (C=O) groups excluding carboxylic acids is 2. The van der Waals surface area contributed by atoms with E-state index < -0.39 is 0 Å².